The van der Waals surface area contributed by atoms with Crippen LogP contribution in [-0.4, -0.2) is 12.1 Å². The van der Waals surface area contributed by atoms with Crippen molar-refractivity contribution >= 4 is 23.2 Å². The van der Waals surface area contributed by atoms with Crippen LogP contribution >= 0.6 is 11.6 Å². The van der Waals surface area contributed by atoms with Crippen LogP contribution in [0.15, 0.2) is 18.2 Å². The monoisotopic (exact) mass is 276 g/mol. The average Bonchev–Trinajstić information content (AvgIpc) is 2.26. The summed E-state index contributed by atoms with van der Waals surface area (Å²) in [5, 5.41) is 11.0. The molecule has 0 atom stereocenters. The maximum Gasteiger partial charge on any atom is 0.389 e. The van der Waals surface area contributed by atoms with E-state index in [2.05, 4.69) is 5.32 Å². The van der Waals surface area contributed by atoms with E-state index in [0.29, 0.717) is 0 Å². The Morgan fingerprint density at radius 1 is 1.44 bits per heavy atom. The third-order valence-corrected chi connectivity index (χ3v) is 2.32. The van der Waals surface area contributed by atoms with Gasteiger partial charge < -0.3 is 5.32 Å². The zero-order chi connectivity index (χ0) is 13.8. The fraction of sp³-hybridized carbons (Fsp3) is 0.273. The Balaban J connectivity index is 2.61. The lowest BCUT2D eigenvalue weighted by Gasteiger charge is -2.08. The molecule has 0 aliphatic heterocycles. The Hall–Kier alpha value is -1.74. The summed E-state index contributed by atoms with van der Waals surface area (Å²) >= 11 is 5.71. The highest BCUT2D eigenvalue weighted by Gasteiger charge is 2.27. The summed E-state index contributed by atoms with van der Waals surface area (Å²) in [6.45, 7) is 0. The van der Waals surface area contributed by atoms with Gasteiger partial charge in [0.25, 0.3) is 0 Å². The summed E-state index contributed by atoms with van der Waals surface area (Å²) in [6, 6.07) is 5.91. The first-order valence-corrected chi connectivity index (χ1v) is 5.26. The second kappa shape index (κ2) is 5.74. The number of amides is 1. The third-order valence-electron chi connectivity index (χ3n) is 2.01. The minimum absolute atomic E-state index is 0.131. The highest BCUT2D eigenvalue weighted by Crippen LogP contribution is 2.23. The molecule has 1 aromatic rings. The van der Waals surface area contributed by atoms with Crippen LogP contribution in [0.25, 0.3) is 0 Å². The van der Waals surface area contributed by atoms with Crippen molar-refractivity contribution in [1.82, 2.24) is 0 Å². The summed E-state index contributed by atoms with van der Waals surface area (Å²) in [5.74, 6) is -0.756. The quantitative estimate of drug-likeness (QED) is 0.919. The Bertz CT molecular complexity index is 494. The molecule has 1 amide bonds. The van der Waals surface area contributed by atoms with E-state index in [1.54, 1.807) is 0 Å². The molecule has 0 radical (unpaired) electrons. The Morgan fingerprint density at radius 2 is 2.11 bits per heavy atom. The zero-order valence-corrected chi connectivity index (χ0v) is 9.77. The fourth-order valence-electron chi connectivity index (χ4n) is 1.16. The molecule has 3 nitrogen and oxygen atoms in total. The van der Waals surface area contributed by atoms with Gasteiger partial charge in [0.05, 0.1) is 17.0 Å². The first-order chi connectivity index (χ1) is 8.31. The van der Waals surface area contributed by atoms with Gasteiger partial charge in [0.1, 0.15) is 6.07 Å². The van der Waals surface area contributed by atoms with Crippen LogP contribution in [0.2, 0.25) is 5.02 Å². The molecule has 1 N–H and O–H groups in total. The van der Waals surface area contributed by atoms with Gasteiger partial charge in [-0.25, -0.2) is 0 Å². The number of alkyl halides is 3. The summed E-state index contributed by atoms with van der Waals surface area (Å²) in [4.78, 5) is 11.2. The summed E-state index contributed by atoms with van der Waals surface area (Å²) in [6.07, 6.45) is -6.19. The molecule has 1 rings (SSSR count). The van der Waals surface area contributed by atoms with Crippen LogP contribution in [0.3, 0.4) is 0 Å². The topological polar surface area (TPSA) is 52.9 Å². The van der Waals surface area contributed by atoms with Gasteiger partial charge >= 0.3 is 6.18 Å². The van der Waals surface area contributed by atoms with E-state index in [1.807, 2.05) is 6.07 Å². The number of rotatable bonds is 3. The first kappa shape index (κ1) is 14.3. The van der Waals surface area contributed by atoms with Crippen LogP contribution in [-0.2, 0) is 4.79 Å². The lowest BCUT2D eigenvalue weighted by molar-refractivity contribution is -0.142. The molecule has 0 saturated heterocycles. The van der Waals surface area contributed by atoms with E-state index >= 15 is 0 Å². The number of hydrogen-bond acceptors (Lipinski definition) is 2. The molecule has 1 aromatic carbocycles. The van der Waals surface area contributed by atoms with Crippen LogP contribution in [0.4, 0.5) is 18.9 Å². The molecule has 0 fully saturated rings. The first-order valence-electron chi connectivity index (χ1n) is 4.88. The molecule has 96 valence electrons. The molecule has 0 aliphatic rings. The number of benzene rings is 1. The van der Waals surface area contributed by atoms with Crippen molar-refractivity contribution in [1.29, 1.82) is 5.26 Å². The predicted octanol–water partition coefficient (Wildman–Crippen LogP) is 3.49. The normalized spacial score (nSPS) is 10.8. The highest BCUT2D eigenvalue weighted by molar-refractivity contribution is 6.32. The number of nitrogens with zero attached hydrogens (tertiary/aromatic N) is 1. The van der Waals surface area contributed by atoms with Gasteiger partial charge in [0, 0.05) is 12.1 Å². The minimum atomic E-state index is -4.36. The van der Waals surface area contributed by atoms with Gasteiger partial charge in [-0.15, -0.1) is 0 Å². The summed E-state index contributed by atoms with van der Waals surface area (Å²) in [7, 11) is 0. The number of nitrogens with one attached hydrogen (secondary N) is 1. The van der Waals surface area contributed by atoms with Gasteiger partial charge in [0.2, 0.25) is 5.91 Å². The SMILES string of the molecule is N#Cc1ccc(NC(=O)CCC(F)(F)F)cc1Cl. The van der Waals surface area contributed by atoms with Gasteiger partial charge in [-0.2, -0.15) is 18.4 Å². The molecule has 0 heterocycles. The molecule has 18 heavy (non-hydrogen) atoms. The smallest absolute Gasteiger partial charge is 0.326 e. The van der Waals surface area contributed by atoms with Crippen molar-refractivity contribution in [2.45, 2.75) is 19.0 Å². The van der Waals surface area contributed by atoms with Crippen molar-refractivity contribution < 1.29 is 18.0 Å². The van der Waals surface area contributed by atoms with Gasteiger partial charge in [0.15, 0.2) is 0 Å². The van der Waals surface area contributed by atoms with Crippen LogP contribution < -0.4 is 5.32 Å². The number of nitriles is 1. The Morgan fingerprint density at radius 3 is 2.61 bits per heavy atom. The van der Waals surface area contributed by atoms with Crippen molar-refractivity contribution in [2.75, 3.05) is 5.32 Å². The van der Waals surface area contributed by atoms with Gasteiger partial charge in [-0.3, -0.25) is 4.79 Å². The van der Waals surface area contributed by atoms with Crippen LogP contribution in [0.5, 0.6) is 0 Å². The Kier molecular flexibility index (Phi) is 4.56. The number of anilines is 1. The lowest BCUT2D eigenvalue weighted by Crippen LogP contribution is -2.16. The van der Waals surface area contributed by atoms with Gasteiger partial charge in [-0.1, -0.05) is 11.6 Å². The molecule has 0 spiro atoms. The molecular formula is C11H8ClF3N2O. The standard InChI is InChI=1S/C11H8ClF3N2O/c12-9-5-8(2-1-7(9)6-16)17-10(18)3-4-11(13,14)15/h1-2,5H,3-4H2,(H,17,18). The van der Waals surface area contributed by atoms with Crippen LogP contribution in [0, 0.1) is 11.3 Å². The van der Waals surface area contributed by atoms with E-state index in [-0.39, 0.29) is 16.3 Å². The molecule has 0 saturated carbocycles. The number of hydrogen-bond donors (Lipinski definition) is 1. The molecule has 0 unspecified atom stereocenters. The second-order valence-electron chi connectivity index (χ2n) is 3.47. The molecule has 0 aromatic heterocycles. The summed E-state index contributed by atoms with van der Waals surface area (Å²) < 4.78 is 35.6. The molecular weight excluding hydrogens is 269 g/mol. The highest BCUT2D eigenvalue weighted by atomic mass is 35.5. The largest absolute Gasteiger partial charge is 0.389 e. The van der Waals surface area contributed by atoms with Crippen molar-refractivity contribution in [2.24, 2.45) is 0 Å². The van der Waals surface area contributed by atoms with E-state index in [0.717, 1.165) is 0 Å². The van der Waals surface area contributed by atoms with Gasteiger partial charge in [-0.05, 0) is 18.2 Å². The lowest BCUT2D eigenvalue weighted by atomic mass is 10.2. The van der Waals surface area contributed by atoms with E-state index in [4.69, 9.17) is 16.9 Å². The van der Waals surface area contributed by atoms with E-state index in [9.17, 15) is 18.0 Å². The minimum Gasteiger partial charge on any atom is -0.326 e. The number of halogens is 4. The van der Waals surface area contributed by atoms with Crippen LogP contribution in [0.1, 0.15) is 18.4 Å². The molecule has 7 heteroatoms. The van der Waals surface area contributed by atoms with E-state index in [1.165, 1.54) is 18.2 Å². The third kappa shape index (κ3) is 4.63. The van der Waals surface area contributed by atoms with Crippen molar-refractivity contribution in [3.8, 4) is 6.07 Å². The maximum absolute atomic E-state index is 11.9. The number of carbonyl (C=O) groups is 1. The average molecular weight is 277 g/mol. The zero-order valence-electron chi connectivity index (χ0n) is 9.01. The Labute approximate surface area is 106 Å². The predicted molar refractivity (Wildman–Crippen MR) is 60.1 cm³/mol. The molecule has 0 aliphatic carbocycles. The number of carbonyl (C=O) groups excluding carboxylic acids is 1. The van der Waals surface area contributed by atoms with Crippen molar-refractivity contribution in [3.05, 3.63) is 28.8 Å². The summed E-state index contributed by atoms with van der Waals surface area (Å²) in [5.41, 5.74) is 0.483. The second-order valence-corrected chi connectivity index (χ2v) is 3.88. The molecule has 0 bridgehead atoms. The van der Waals surface area contributed by atoms with E-state index < -0.39 is 24.9 Å². The maximum atomic E-state index is 11.9. The van der Waals surface area contributed by atoms with Crippen molar-refractivity contribution in [3.63, 3.8) is 0 Å². The fourth-order valence-corrected chi connectivity index (χ4v) is 1.39.